The molecule has 0 bridgehead atoms. The Kier molecular flexibility index (Phi) is 5.83. The molecule has 0 spiro atoms. The lowest BCUT2D eigenvalue weighted by atomic mass is 9.95. The number of halogens is 1. The Hall–Kier alpha value is -3.00. The predicted octanol–water partition coefficient (Wildman–Crippen LogP) is 3.80. The molecule has 150 valence electrons. The highest BCUT2D eigenvalue weighted by Gasteiger charge is 2.22. The van der Waals surface area contributed by atoms with Crippen molar-refractivity contribution < 1.29 is 14.6 Å². The third kappa shape index (κ3) is 4.89. The average Bonchev–Trinajstić information content (AvgIpc) is 2.65. The molecule has 1 N–H and O–H groups in total. The summed E-state index contributed by atoms with van der Waals surface area (Å²) in [5.74, 6) is -0.119. The van der Waals surface area contributed by atoms with Crippen molar-refractivity contribution in [3.63, 3.8) is 0 Å². The Morgan fingerprint density at radius 1 is 1.28 bits per heavy atom. The second-order valence-electron chi connectivity index (χ2n) is 7.46. The van der Waals surface area contributed by atoms with Gasteiger partial charge in [0.1, 0.15) is 11.6 Å². The van der Waals surface area contributed by atoms with Crippen molar-refractivity contribution in [1.82, 2.24) is 9.66 Å². The molecular weight excluding hydrogens is 438 g/mol. The summed E-state index contributed by atoms with van der Waals surface area (Å²) in [6.45, 7) is 5.46. The first-order valence-corrected chi connectivity index (χ1v) is 9.66. The van der Waals surface area contributed by atoms with Crippen molar-refractivity contribution in [3.8, 4) is 5.75 Å². The number of aliphatic carboxylic acids is 1. The second-order valence-corrected chi connectivity index (χ2v) is 8.38. The van der Waals surface area contributed by atoms with Gasteiger partial charge in [0.15, 0.2) is 6.61 Å². The Labute approximate surface area is 175 Å². The molecule has 0 saturated heterocycles. The molecule has 29 heavy (non-hydrogen) atoms. The molecule has 1 heterocycles. The van der Waals surface area contributed by atoms with Crippen LogP contribution in [0.1, 0.15) is 32.2 Å². The van der Waals surface area contributed by atoms with Crippen molar-refractivity contribution in [2.75, 3.05) is 6.61 Å². The van der Waals surface area contributed by atoms with E-state index in [4.69, 9.17) is 9.84 Å². The molecule has 0 fully saturated rings. The van der Waals surface area contributed by atoms with Crippen LogP contribution in [-0.2, 0) is 10.2 Å². The monoisotopic (exact) mass is 457 g/mol. The second kappa shape index (κ2) is 8.16. The Morgan fingerprint density at radius 3 is 2.72 bits per heavy atom. The number of hydrogen-bond acceptors (Lipinski definition) is 5. The van der Waals surface area contributed by atoms with Crippen LogP contribution in [0, 0.1) is 0 Å². The van der Waals surface area contributed by atoms with E-state index < -0.39 is 18.0 Å². The van der Waals surface area contributed by atoms with Gasteiger partial charge in [-0.05, 0) is 35.9 Å². The minimum absolute atomic E-state index is 0.268. The van der Waals surface area contributed by atoms with Crippen molar-refractivity contribution in [2.45, 2.75) is 26.2 Å². The van der Waals surface area contributed by atoms with E-state index in [2.05, 4.69) is 26.0 Å². The molecule has 0 radical (unpaired) electrons. The smallest absolute Gasteiger partial charge is 0.341 e. The zero-order chi connectivity index (χ0) is 21.2. The van der Waals surface area contributed by atoms with Crippen LogP contribution in [0.5, 0.6) is 5.75 Å². The molecule has 3 aromatic rings. The van der Waals surface area contributed by atoms with E-state index in [1.807, 2.05) is 26.8 Å². The van der Waals surface area contributed by atoms with Crippen LogP contribution in [0.15, 0.2) is 56.8 Å². The molecule has 0 aliphatic carbocycles. The van der Waals surface area contributed by atoms with Gasteiger partial charge in [0.2, 0.25) is 0 Å². The number of carboxylic acids is 1. The molecule has 3 rings (SSSR count). The quantitative estimate of drug-likeness (QED) is 0.587. The molecule has 8 heteroatoms. The normalized spacial score (nSPS) is 11.9. The summed E-state index contributed by atoms with van der Waals surface area (Å²) in [4.78, 5) is 28.4. The van der Waals surface area contributed by atoms with Gasteiger partial charge in [-0.3, -0.25) is 4.79 Å². The summed E-state index contributed by atoms with van der Waals surface area (Å²) in [5.41, 5.74) is 0.591. The van der Waals surface area contributed by atoms with Crippen LogP contribution in [0.25, 0.3) is 10.9 Å². The van der Waals surface area contributed by atoms with Crippen LogP contribution in [-0.4, -0.2) is 33.6 Å². The van der Waals surface area contributed by atoms with Crippen molar-refractivity contribution in [1.29, 1.82) is 0 Å². The first-order chi connectivity index (χ1) is 13.6. The van der Waals surface area contributed by atoms with Gasteiger partial charge in [0.05, 0.1) is 17.1 Å². The lowest BCUT2D eigenvalue weighted by molar-refractivity contribution is -0.139. The van der Waals surface area contributed by atoms with Gasteiger partial charge in [-0.2, -0.15) is 9.78 Å². The third-order valence-electron chi connectivity index (χ3n) is 4.02. The zero-order valence-electron chi connectivity index (χ0n) is 16.2. The van der Waals surface area contributed by atoms with Gasteiger partial charge < -0.3 is 9.84 Å². The van der Waals surface area contributed by atoms with Crippen molar-refractivity contribution in [3.05, 3.63) is 68.7 Å². The fraction of sp³-hybridized carbons (Fsp3) is 0.238. The molecule has 1 aromatic heterocycles. The fourth-order valence-electron chi connectivity index (χ4n) is 2.70. The summed E-state index contributed by atoms with van der Waals surface area (Å²) >= 11 is 3.39. The van der Waals surface area contributed by atoms with Gasteiger partial charge in [0.25, 0.3) is 5.56 Å². The number of carboxylic acid groups (broad SMARTS) is 1. The Balaban J connectivity index is 2.07. The SMILES string of the molecule is CC(C)(C)c1nc2ccc(Br)cc2c(=O)n1N=Cc1cccc(OCC(=O)O)c1. The third-order valence-corrected chi connectivity index (χ3v) is 4.52. The highest BCUT2D eigenvalue weighted by molar-refractivity contribution is 9.10. The summed E-state index contributed by atoms with van der Waals surface area (Å²) in [6.07, 6.45) is 1.52. The highest BCUT2D eigenvalue weighted by Crippen LogP contribution is 2.23. The molecule has 0 atom stereocenters. The average molecular weight is 458 g/mol. The molecule has 0 aliphatic rings. The number of ether oxygens (including phenoxy) is 1. The van der Waals surface area contributed by atoms with Gasteiger partial charge in [0, 0.05) is 9.89 Å². The maximum absolute atomic E-state index is 13.1. The zero-order valence-corrected chi connectivity index (χ0v) is 17.8. The number of nitrogens with zero attached hydrogens (tertiary/aromatic N) is 3. The minimum atomic E-state index is -1.06. The van der Waals surface area contributed by atoms with Crippen LogP contribution < -0.4 is 10.3 Å². The topological polar surface area (TPSA) is 93.8 Å². The van der Waals surface area contributed by atoms with E-state index >= 15 is 0 Å². The molecule has 0 amide bonds. The first kappa shape index (κ1) is 20.7. The van der Waals surface area contributed by atoms with Gasteiger partial charge in [-0.25, -0.2) is 9.78 Å². The minimum Gasteiger partial charge on any atom is -0.482 e. The summed E-state index contributed by atoms with van der Waals surface area (Å²) < 4.78 is 7.27. The summed E-state index contributed by atoms with van der Waals surface area (Å²) in [7, 11) is 0. The largest absolute Gasteiger partial charge is 0.482 e. The Bertz CT molecular complexity index is 1160. The van der Waals surface area contributed by atoms with Crippen molar-refractivity contribution in [2.24, 2.45) is 5.10 Å². The van der Waals surface area contributed by atoms with E-state index in [1.54, 1.807) is 36.4 Å². The number of aromatic nitrogens is 2. The molecular formula is C21H20BrN3O4. The lowest BCUT2D eigenvalue weighted by Crippen LogP contribution is -2.29. The number of carbonyl (C=O) groups is 1. The number of rotatable bonds is 5. The predicted molar refractivity (Wildman–Crippen MR) is 115 cm³/mol. The molecule has 0 aliphatic heterocycles. The number of fused-ring (bicyclic) bond motifs is 1. The van der Waals surface area contributed by atoms with Gasteiger partial charge in [-0.1, -0.05) is 48.8 Å². The molecule has 2 aromatic carbocycles. The molecule has 7 nitrogen and oxygen atoms in total. The highest BCUT2D eigenvalue weighted by atomic mass is 79.9. The standard InChI is InChI=1S/C21H20BrN3O4/c1-21(2,3)20-24-17-8-7-14(22)10-16(17)19(28)25(20)23-11-13-5-4-6-15(9-13)29-12-18(26)27/h4-11H,12H2,1-3H3,(H,26,27). The van der Waals surface area contributed by atoms with E-state index in [-0.39, 0.29) is 5.56 Å². The van der Waals surface area contributed by atoms with E-state index in [0.717, 1.165) is 4.47 Å². The van der Waals surface area contributed by atoms with Crippen LogP contribution in [0.2, 0.25) is 0 Å². The molecule has 0 saturated carbocycles. The number of hydrogen-bond donors (Lipinski definition) is 1. The molecule has 0 unspecified atom stereocenters. The van der Waals surface area contributed by atoms with Crippen LogP contribution >= 0.6 is 15.9 Å². The summed E-state index contributed by atoms with van der Waals surface area (Å²) in [5, 5.41) is 13.6. The van der Waals surface area contributed by atoms with E-state index in [0.29, 0.717) is 28.0 Å². The van der Waals surface area contributed by atoms with Gasteiger partial charge >= 0.3 is 5.97 Å². The first-order valence-electron chi connectivity index (χ1n) is 8.87. The fourth-order valence-corrected chi connectivity index (χ4v) is 3.06. The van der Waals surface area contributed by atoms with Crippen LogP contribution in [0.3, 0.4) is 0 Å². The van der Waals surface area contributed by atoms with E-state index in [1.165, 1.54) is 10.9 Å². The Morgan fingerprint density at radius 2 is 2.03 bits per heavy atom. The summed E-state index contributed by atoms with van der Waals surface area (Å²) in [6, 6.07) is 12.2. The van der Waals surface area contributed by atoms with Crippen molar-refractivity contribution >= 4 is 39.0 Å². The lowest BCUT2D eigenvalue weighted by Gasteiger charge is -2.20. The van der Waals surface area contributed by atoms with E-state index in [9.17, 15) is 9.59 Å². The van der Waals surface area contributed by atoms with Crippen LogP contribution in [0.4, 0.5) is 0 Å². The van der Waals surface area contributed by atoms with Gasteiger partial charge in [-0.15, -0.1) is 0 Å². The number of benzene rings is 2. The maximum Gasteiger partial charge on any atom is 0.341 e. The maximum atomic E-state index is 13.1.